The lowest BCUT2D eigenvalue weighted by Crippen LogP contribution is -2.21. The third-order valence-corrected chi connectivity index (χ3v) is 1.02. The van der Waals surface area contributed by atoms with Crippen molar-refractivity contribution in [3.8, 4) is 6.07 Å². The molecule has 0 rings (SSSR count). The van der Waals surface area contributed by atoms with Gasteiger partial charge in [0.25, 0.3) is 0 Å². The molecule has 0 aliphatic carbocycles. The third-order valence-electron chi connectivity index (χ3n) is 0.363. The van der Waals surface area contributed by atoms with Gasteiger partial charge in [-0.05, 0) is 0 Å². The first-order chi connectivity index (χ1) is 3.18. The summed E-state index contributed by atoms with van der Waals surface area (Å²) in [4.78, 5) is 9.04. The molecule has 0 saturated heterocycles. The predicted octanol–water partition coefficient (Wildman–Crippen LogP) is -0.241. The molecule has 1 amide bonds. The smallest absolute Gasteiger partial charge is 0.245 e. The highest BCUT2D eigenvalue weighted by molar-refractivity contribution is 9.10. The van der Waals surface area contributed by atoms with Crippen LogP contribution < -0.4 is 5.73 Å². The molecule has 2 N–H and O–H groups in total. The van der Waals surface area contributed by atoms with E-state index in [0.717, 1.165) is 0 Å². The molecular weight excluding hydrogens is 160 g/mol. The van der Waals surface area contributed by atoms with Gasteiger partial charge < -0.3 is 5.73 Å². The highest BCUT2D eigenvalue weighted by atomic mass is 79.9. The number of nitrogens with zero attached hydrogens (tertiary/aromatic N) is 1. The Bertz CT molecular complexity index is 117. The van der Waals surface area contributed by atoms with Crippen LogP contribution in [0.2, 0.25) is 0 Å². The van der Waals surface area contributed by atoms with Gasteiger partial charge in [0.1, 0.15) is 0 Å². The van der Waals surface area contributed by atoms with Crippen molar-refractivity contribution in [3.05, 3.63) is 0 Å². The fourth-order valence-electron chi connectivity index (χ4n) is 0.0636. The summed E-state index contributed by atoms with van der Waals surface area (Å²) in [6.45, 7) is 0. The number of amides is 1. The van der Waals surface area contributed by atoms with Crippen LogP contribution >= 0.6 is 15.9 Å². The number of nitriles is 1. The number of primary amides is 1. The average Bonchev–Trinajstić information content (AvgIpc) is 1.65. The second-order valence-electron chi connectivity index (χ2n) is 0.894. The summed E-state index contributed by atoms with van der Waals surface area (Å²) in [5, 5.41) is 7.91. The lowest BCUT2D eigenvalue weighted by atomic mass is 10.5. The van der Waals surface area contributed by atoms with Crippen molar-refractivity contribution >= 4 is 21.8 Å². The van der Waals surface area contributed by atoms with E-state index in [1.54, 1.807) is 6.07 Å². The lowest BCUT2D eigenvalue weighted by molar-refractivity contribution is -0.116. The van der Waals surface area contributed by atoms with Crippen molar-refractivity contribution < 1.29 is 4.79 Å². The fourth-order valence-corrected chi connectivity index (χ4v) is 0.0636. The summed E-state index contributed by atoms with van der Waals surface area (Å²) in [5.74, 6) is -0.650. The van der Waals surface area contributed by atoms with Crippen LogP contribution in [0.3, 0.4) is 0 Å². The molecule has 0 aromatic rings. The molecule has 38 valence electrons. The number of carbonyl (C=O) groups excluding carboxylic acids is 1. The zero-order valence-electron chi connectivity index (χ0n) is 3.39. The monoisotopic (exact) mass is 162 g/mol. The van der Waals surface area contributed by atoms with Crippen molar-refractivity contribution in [2.24, 2.45) is 5.73 Å². The fraction of sp³-hybridized carbons (Fsp3) is 0.333. The van der Waals surface area contributed by atoms with Gasteiger partial charge in [-0.3, -0.25) is 4.79 Å². The Morgan fingerprint density at radius 3 is 2.43 bits per heavy atom. The molecule has 0 radical (unpaired) electrons. The first kappa shape index (κ1) is 6.44. The van der Waals surface area contributed by atoms with E-state index in [1.807, 2.05) is 0 Å². The highest BCUT2D eigenvalue weighted by Crippen LogP contribution is 1.92. The van der Waals surface area contributed by atoms with Gasteiger partial charge in [-0.2, -0.15) is 5.26 Å². The van der Waals surface area contributed by atoms with Crippen LogP contribution in [-0.2, 0) is 4.79 Å². The first-order valence-corrected chi connectivity index (χ1v) is 2.43. The van der Waals surface area contributed by atoms with Gasteiger partial charge in [0.05, 0.1) is 6.07 Å². The van der Waals surface area contributed by atoms with Crippen molar-refractivity contribution in [1.29, 1.82) is 5.26 Å². The van der Waals surface area contributed by atoms with Crippen molar-refractivity contribution in [2.75, 3.05) is 0 Å². The highest BCUT2D eigenvalue weighted by Gasteiger charge is 2.05. The summed E-state index contributed by atoms with van der Waals surface area (Å²) in [6.07, 6.45) is 0. The molecule has 0 bridgehead atoms. The van der Waals surface area contributed by atoms with Crippen LogP contribution in [0.25, 0.3) is 0 Å². The van der Waals surface area contributed by atoms with E-state index in [1.165, 1.54) is 0 Å². The van der Waals surface area contributed by atoms with E-state index < -0.39 is 10.7 Å². The molecule has 0 aromatic heterocycles. The Labute approximate surface area is 49.2 Å². The maximum atomic E-state index is 9.88. The summed E-state index contributed by atoms with van der Waals surface area (Å²) < 4.78 is 0. The topological polar surface area (TPSA) is 66.9 Å². The Morgan fingerprint density at radius 2 is 2.43 bits per heavy atom. The van der Waals surface area contributed by atoms with Crippen LogP contribution in [-0.4, -0.2) is 10.7 Å². The summed E-state index contributed by atoms with van der Waals surface area (Å²) in [6, 6.07) is 1.61. The summed E-state index contributed by atoms with van der Waals surface area (Å²) in [5.41, 5.74) is 4.64. The third kappa shape index (κ3) is 2.18. The van der Waals surface area contributed by atoms with Crippen molar-refractivity contribution in [1.82, 2.24) is 0 Å². The Hall–Kier alpha value is -0.560. The molecule has 7 heavy (non-hydrogen) atoms. The minimum atomic E-state index is -0.840. The number of rotatable bonds is 1. The summed E-state index contributed by atoms with van der Waals surface area (Å²) in [7, 11) is 0. The normalized spacial score (nSPS) is 12.0. The van der Waals surface area contributed by atoms with Crippen molar-refractivity contribution in [3.63, 3.8) is 0 Å². The van der Waals surface area contributed by atoms with E-state index in [2.05, 4.69) is 21.7 Å². The minimum Gasteiger partial charge on any atom is -0.368 e. The molecule has 0 heterocycles. The molecule has 3 nitrogen and oxygen atoms in total. The van der Waals surface area contributed by atoms with Crippen molar-refractivity contribution in [2.45, 2.75) is 4.83 Å². The second kappa shape index (κ2) is 2.59. The SMILES string of the molecule is N#CC(Br)C(N)=O. The molecule has 4 heteroatoms. The van der Waals surface area contributed by atoms with E-state index in [-0.39, 0.29) is 0 Å². The van der Waals surface area contributed by atoms with Crippen LogP contribution in [0.1, 0.15) is 0 Å². The number of hydrogen-bond donors (Lipinski definition) is 1. The first-order valence-electron chi connectivity index (χ1n) is 1.51. The second-order valence-corrected chi connectivity index (χ2v) is 1.81. The zero-order valence-corrected chi connectivity index (χ0v) is 4.97. The number of alkyl halides is 1. The van der Waals surface area contributed by atoms with Crippen LogP contribution in [0.4, 0.5) is 0 Å². The predicted molar refractivity (Wildman–Crippen MR) is 27.5 cm³/mol. The standard InChI is InChI=1S/C3H3BrN2O/c4-2(1-5)3(6)7/h2H,(H2,6,7). The maximum absolute atomic E-state index is 9.88. The molecular formula is C3H3BrN2O. The number of nitrogens with two attached hydrogens (primary N) is 1. The largest absolute Gasteiger partial charge is 0.368 e. The van der Waals surface area contributed by atoms with Gasteiger partial charge in [-0.15, -0.1) is 0 Å². The molecule has 0 aliphatic heterocycles. The molecule has 0 aromatic carbocycles. The lowest BCUT2D eigenvalue weighted by Gasteiger charge is -1.85. The van der Waals surface area contributed by atoms with E-state index in [9.17, 15) is 4.79 Å². The molecule has 0 aliphatic rings. The van der Waals surface area contributed by atoms with E-state index in [4.69, 9.17) is 5.26 Å². The van der Waals surface area contributed by atoms with Gasteiger partial charge in [-0.1, -0.05) is 15.9 Å². The number of carbonyl (C=O) groups is 1. The molecule has 1 unspecified atom stereocenters. The van der Waals surface area contributed by atoms with Crippen LogP contribution in [0.15, 0.2) is 0 Å². The Morgan fingerprint density at radius 1 is 2.00 bits per heavy atom. The Kier molecular flexibility index (Phi) is 2.38. The number of halogens is 1. The number of hydrogen-bond acceptors (Lipinski definition) is 2. The molecule has 0 spiro atoms. The molecule has 0 saturated carbocycles. The van der Waals surface area contributed by atoms with Gasteiger partial charge in [0.15, 0.2) is 4.83 Å². The Balaban J connectivity index is 3.63. The quantitative estimate of drug-likeness (QED) is 0.542. The van der Waals surface area contributed by atoms with Gasteiger partial charge in [0.2, 0.25) is 5.91 Å². The average molecular weight is 163 g/mol. The van der Waals surface area contributed by atoms with E-state index >= 15 is 0 Å². The van der Waals surface area contributed by atoms with Gasteiger partial charge >= 0.3 is 0 Å². The molecule has 1 atom stereocenters. The maximum Gasteiger partial charge on any atom is 0.245 e. The van der Waals surface area contributed by atoms with Crippen LogP contribution in [0, 0.1) is 11.3 Å². The minimum absolute atomic E-state index is 0.650. The molecule has 0 fully saturated rings. The van der Waals surface area contributed by atoms with Crippen LogP contribution in [0.5, 0.6) is 0 Å². The summed E-state index contributed by atoms with van der Waals surface area (Å²) >= 11 is 2.71. The van der Waals surface area contributed by atoms with Gasteiger partial charge in [0, 0.05) is 0 Å². The zero-order chi connectivity index (χ0) is 5.86. The van der Waals surface area contributed by atoms with Gasteiger partial charge in [-0.25, -0.2) is 0 Å². The van der Waals surface area contributed by atoms with E-state index in [0.29, 0.717) is 0 Å².